The van der Waals surface area contributed by atoms with Crippen molar-refractivity contribution in [2.45, 2.75) is 45.8 Å². The molecule has 0 aliphatic heterocycles. The Morgan fingerprint density at radius 2 is 1.89 bits per heavy atom. The molecule has 4 heteroatoms. The number of isothiocyanates is 1. The molecule has 0 N–H and O–H groups in total. The molecule has 0 aromatic heterocycles. The van der Waals surface area contributed by atoms with E-state index in [1.807, 2.05) is 25.1 Å². The second-order valence-corrected chi connectivity index (χ2v) is 10.9. The summed E-state index contributed by atoms with van der Waals surface area (Å²) in [6.07, 6.45) is 0. The molecule has 1 rings (SSSR count). The zero-order chi connectivity index (χ0) is 14.0. The van der Waals surface area contributed by atoms with Gasteiger partial charge in [0.25, 0.3) is 0 Å². The van der Waals surface area contributed by atoms with Crippen LogP contribution in [0.15, 0.2) is 23.2 Å². The third-order valence-corrected chi connectivity index (χ3v) is 7.96. The molecule has 0 atom stereocenters. The average Bonchev–Trinajstić information content (AvgIpc) is 2.20. The van der Waals surface area contributed by atoms with E-state index in [2.05, 4.69) is 56.2 Å². The molecule has 1 aromatic carbocycles. The Kier molecular flexibility index (Phi) is 4.49. The largest absolute Gasteiger partial charge is 0.543 e. The first-order chi connectivity index (χ1) is 8.17. The van der Waals surface area contributed by atoms with Gasteiger partial charge >= 0.3 is 0 Å². The SMILES string of the molecule is Cc1cc(O[Si](C)(C)C(C)(C)C)ccc1N=C=S. The number of hydrogen-bond donors (Lipinski definition) is 0. The maximum atomic E-state index is 6.23. The van der Waals surface area contributed by atoms with Gasteiger partial charge in [-0.1, -0.05) is 20.8 Å². The average molecular weight is 279 g/mol. The molecule has 2 nitrogen and oxygen atoms in total. The Hall–Kier alpha value is -0.963. The molecule has 0 amide bonds. The van der Waals surface area contributed by atoms with Crippen molar-refractivity contribution >= 4 is 31.4 Å². The quantitative estimate of drug-likeness (QED) is 0.435. The van der Waals surface area contributed by atoms with Crippen LogP contribution in [0.3, 0.4) is 0 Å². The van der Waals surface area contributed by atoms with Crippen LogP contribution >= 0.6 is 12.2 Å². The summed E-state index contributed by atoms with van der Waals surface area (Å²) in [6.45, 7) is 13.2. The summed E-state index contributed by atoms with van der Waals surface area (Å²) in [5.74, 6) is 0.919. The lowest BCUT2D eigenvalue weighted by Gasteiger charge is -2.36. The van der Waals surface area contributed by atoms with Gasteiger partial charge in [0.05, 0.1) is 10.8 Å². The molecule has 18 heavy (non-hydrogen) atoms. The molecular weight excluding hydrogens is 258 g/mol. The lowest BCUT2D eigenvalue weighted by molar-refractivity contribution is 0.492. The van der Waals surface area contributed by atoms with Crippen LogP contribution in [0.2, 0.25) is 18.1 Å². The van der Waals surface area contributed by atoms with Gasteiger partial charge in [0.1, 0.15) is 5.75 Å². The Morgan fingerprint density at radius 1 is 1.28 bits per heavy atom. The summed E-state index contributed by atoms with van der Waals surface area (Å²) in [5, 5.41) is 2.59. The summed E-state index contributed by atoms with van der Waals surface area (Å²) < 4.78 is 6.23. The molecule has 0 aliphatic carbocycles. The third-order valence-electron chi connectivity index (χ3n) is 3.51. The molecule has 0 radical (unpaired) electrons. The maximum absolute atomic E-state index is 6.23. The molecular formula is C14H21NOSSi. The zero-order valence-corrected chi connectivity index (χ0v) is 13.8. The first kappa shape index (κ1) is 15.1. The standard InChI is InChI=1S/C14H21NOSSi/c1-11-9-12(7-8-13(11)15-10-17)16-18(5,6)14(2,3)4/h7-9H,1-6H3. The highest BCUT2D eigenvalue weighted by Crippen LogP contribution is 2.38. The number of hydrogen-bond acceptors (Lipinski definition) is 3. The van der Waals surface area contributed by atoms with Crippen LogP contribution in [0.25, 0.3) is 0 Å². The van der Waals surface area contributed by atoms with Crippen molar-refractivity contribution in [1.29, 1.82) is 0 Å². The van der Waals surface area contributed by atoms with E-state index in [0.717, 1.165) is 17.0 Å². The lowest BCUT2D eigenvalue weighted by Crippen LogP contribution is -2.43. The highest BCUT2D eigenvalue weighted by atomic mass is 32.1. The number of aryl methyl sites for hydroxylation is 1. The fourth-order valence-electron chi connectivity index (χ4n) is 1.31. The molecule has 1 aromatic rings. The molecule has 0 aliphatic rings. The van der Waals surface area contributed by atoms with Gasteiger partial charge in [-0.2, -0.15) is 4.99 Å². The second-order valence-electron chi connectivity index (χ2n) is 6.01. The van der Waals surface area contributed by atoms with Crippen LogP contribution in [-0.4, -0.2) is 13.5 Å². The minimum absolute atomic E-state index is 0.201. The number of aliphatic imine (C=N–C) groups is 1. The molecule has 0 heterocycles. The summed E-state index contributed by atoms with van der Waals surface area (Å²) >= 11 is 4.62. The van der Waals surface area contributed by atoms with E-state index >= 15 is 0 Å². The van der Waals surface area contributed by atoms with E-state index in [1.54, 1.807) is 0 Å². The smallest absolute Gasteiger partial charge is 0.250 e. The third kappa shape index (κ3) is 3.51. The Balaban J connectivity index is 3.00. The van der Waals surface area contributed by atoms with Crippen molar-refractivity contribution in [2.24, 2.45) is 4.99 Å². The van der Waals surface area contributed by atoms with Gasteiger partial charge in [0, 0.05) is 0 Å². The molecule has 98 valence electrons. The maximum Gasteiger partial charge on any atom is 0.250 e. The molecule has 0 fully saturated rings. The molecule has 0 spiro atoms. The fraction of sp³-hybridized carbons (Fsp3) is 0.500. The Labute approximate surface area is 116 Å². The van der Waals surface area contributed by atoms with Gasteiger partial charge in [-0.3, -0.25) is 0 Å². The normalized spacial score (nSPS) is 11.9. The van der Waals surface area contributed by atoms with Crippen LogP contribution in [0.1, 0.15) is 26.3 Å². The highest BCUT2D eigenvalue weighted by Gasteiger charge is 2.38. The monoisotopic (exact) mass is 279 g/mol. The van der Waals surface area contributed by atoms with Crippen molar-refractivity contribution in [2.75, 3.05) is 0 Å². The van der Waals surface area contributed by atoms with Crippen LogP contribution < -0.4 is 4.43 Å². The van der Waals surface area contributed by atoms with Crippen molar-refractivity contribution in [3.05, 3.63) is 23.8 Å². The molecule has 0 unspecified atom stereocenters. The Morgan fingerprint density at radius 3 is 2.33 bits per heavy atom. The summed E-state index contributed by atoms with van der Waals surface area (Å²) in [7, 11) is -1.77. The zero-order valence-electron chi connectivity index (χ0n) is 12.0. The molecule has 0 saturated heterocycles. The lowest BCUT2D eigenvalue weighted by atomic mass is 10.2. The molecule has 0 saturated carbocycles. The van der Waals surface area contributed by atoms with Gasteiger partial charge < -0.3 is 4.43 Å². The second kappa shape index (κ2) is 5.35. The minimum Gasteiger partial charge on any atom is -0.543 e. The first-order valence-electron chi connectivity index (χ1n) is 6.05. The topological polar surface area (TPSA) is 21.6 Å². The summed E-state index contributed by atoms with van der Waals surface area (Å²) in [4.78, 5) is 4.01. The van der Waals surface area contributed by atoms with E-state index in [9.17, 15) is 0 Å². The van der Waals surface area contributed by atoms with Crippen LogP contribution in [0.4, 0.5) is 5.69 Å². The predicted molar refractivity (Wildman–Crippen MR) is 83.7 cm³/mol. The van der Waals surface area contributed by atoms with Gasteiger partial charge in [0.15, 0.2) is 0 Å². The van der Waals surface area contributed by atoms with Crippen molar-refractivity contribution in [3.63, 3.8) is 0 Å². The van der Waals surface area contributed by atoms with Gasteiger partial charge in [0.2, 0.25) is 8.32 Å². The minimum atomic E-state index is -1.77. The van der Waals surface area contributed by atoms with Crippen LogP contribution in [-0.2, 0) is 0 Å². The van der Waals surface area contributed by atoms with E-state index < -0.39 is 8.32 Å². The predicted octanol–water partition coefficient (Wildman–Crippen LogP) is 5.11. The van der Waals surface area contributed by atoms with E-state index in [0.29, 0.717) is 0 Å². The van der Waals surface area contributed by atoms with Crippen molar-refractivity contribution < 1.29 is 4.43 Å². The van der Waals surface area contributed by atoms with E-state index in [4.69, 9.17) is 4.43 Å². The number of rotatable bonds is 3. The van der Waals surface area contributed by atoms with Crippen LogP contribution in [0.5, 0.6) is 5.75 Å². The van der Waals surface area contributed by atoms with Gasteiger partial charge in [-0.15, -0.1) is 0 Å². The summed E-state index contributed by atoms with van der Waals surface area (Å²) in [5.41, 5.74) is 1.91. The fourth-order valence-corrected chi connectivity index (χ4v) is 2.43. The molecule has 0 bridgehead atoms. The number of thiocarbonyl (C=S) groups is 1. The van der Waals surface area contributed by atoms with Crippen molar-refractivity contribution in [3.8, 4) is 5.75 Å². The van der Waals surface area contributed by atoms with E-state index in [-0.39, 0.29) is 5.04 Å². The van der Waals surface area contributed by atoms with Crippen molar-refractivity contribution in [1.82, 2.24) is 0 Å². The first-order valence-corrected chi connectivity index (χ1v) is 9.36. The van der Waals surface area contributed by atoms with Gasteiger partial charge in [-0.05, 0) is 61.0 Å². The van der Waals surface area contributed by atoms with Gasteiger partial charge in [-0.25, -0.2) is 0 Å². The highest BCUT2D eigenvalue weighted by molar-refractivity contribution is 7.78. The number of nitrogens with zero attached hydrogens (tertiary/aromatic N) is 1. The van der Waals surface area contributed by atoms with Crippen LogP contribution in [0, 0.1) is 6.92 Å². The number of benzene rings is 1. The van der Waals surface area contributed by atoms with E-state index in [1.165, 1.54) is 0 Å². The summed E-state index contributed by atoms with van der Waals surface area (Å²) in [6, 6.07) is 5.90. The Bertz CT molecular complexity index is 485.